The molecular formula is C10H18O3S. The highest BCUT2D eigenvalue weighted by atomic mass is 32.2. The number of carbonyl (C=O) groups is 1. The zero-order chi connectivity index (χ0) is 10.7. The SMILES string of the molecule is CC1CC(C)CC(S(=O)CC(=O)O)C1. The molecule has 0 bridgehead atoms. The predicted octanol–water partition coefficient (Wildman–Crippen LogP) is 1.64. The molecule has 1 saturated carbocycles. The molecule has 1 N–H and O–H groups in total. The van der Waals surface area contributed by atoms with Crippen LogP contribution in [0.25, 0.3) is 0 Å². The minimum absolute atomic E-state index is 0.102. The molecule has 0 saturated heterocycles. The third kappa shape index (κ3) is 3.40. The molecular weight excluding hydrogens is 200 g/mol. The van der Waals surface area contributed by atoms with Gasteiger partial charge in [0.15, 0.2) is 0 Å². The van der Waals surface area contributed by atoms with Gasteiger partial charge in [0, 0.05) is 16.0 Å². The fourth-order valence-corrected chi connectivity index (χ4v) is 3.89. The van der Waals surface area contributed by atoms with Crippen molar-refractivity contribution >= 4 is 16.8 Å². The molecule has 82 valence electrons. The first-order valence-corrected chi connectivity index (χ1v) is 6.46. The van der Waals surface area contributed by atoms with E-state index >= 15 is 0 Å². The molecule has 1 rings (SSSR count). The number of hydrogen-bond acceptors (Lipinski definition) is 2. The third-order valence-corrected chi connectivity index (χ3v) is 4.43. The number of rotatable bonds is 3. The van der Waals surface area contributed by atoms with E-state index in [1.54, 1.807) is 0 Å². The highest BCUT2D eigenvalue weighted by molar-refractivity contribution is 7.86. The third-order valence-electron chi connectivity index (χ3n) is 2.77. The van der Waals surface area contributed by atoms with Crippen LogP contribution in [0.4, 0.5) is 0 Å². The van der Waals surface area contributed by atoms with E-state index in [9.17, 15) is 9.00 Å². The van der Waals surface area contributed by atoms with Gasteiger partial charge in [-0.3, -0.25) is 9.00 Å². The van der Waals surface area contributed by atoms with Crippen LogP contribution in [0.3, 0.4) is 0 Å². The smallest absolute Gasteiger partial charge is 0.316 e. The van der Waals surface area contributed by atoms with Crippen LogP contribution in [0.15, 0.2) is 0 Å². The Kier molecular flexibility index (Phi) is 4.11. The number of hydrogen-bond donors (Lipinski definition) is 1. The van der Waals surface area contributed by atoms with E-state index < -0.39 is 16.8 Å². The fraction of sp³-hybridized carbons (Fsp3) is 0.900. The Morgan fingerprint density at radius 1 is 1.29 bits per heavy atom. The second-order valence-electron chi connectivity index (χ2n) is 4.46. The Labute approximate surface area is 87.3 Å². The van der Waals surface area contributed by atoms with Crippen molar-refractivity contribution in [3.63, 3.8) is 0 Å². The first kappa shape index (κ1) is 11.7. The Morgan fingerprint density at radius 2 is 1.79 bits per heavy atom. The summed E-state index contributed by atoms with van der Waals surface area (Å²) in [7, 11) is -1.18. The zero-order valence-electron chi connectivity index (χ0n) is 8.73. The summed E-state index contributed by atoms with van der Waals surface area (Å²) in [5.74, 6) is 0.0293. The van der Waals surface area contributed by atoms with Gasteiger partial charge in [-0.15, -0.1) is 0 Å². The van der Waals surface area contributed by atoms with Gasteiger partial charge in [-0.05, 0) is 31.1 Å². The minimum Gasteiger partial charge on any atom is -0.481 e. The molecule has 4 heteroatoms. The standard InChI is InChI=1S/C10H18O3S/c1-7-3-8(2)5-9(4-7)14(13)6-10(11)12/h7-9H,3-6H2,1-2H3,(H,11,12). The lowest BCUT2D eigenvalue weighted by atomic mass is 9.83. The van der Waals surface area contributed by atoms with E-state index in [0.29, 0.717) is 11.8 Å². The Balaban J connectivity index is 2.50. The Bertz CT molecular complexity index is 230. The lowest BCUT2D eigenvalue weighted by Crippen LogP contribution is -2.30. The maximum absolute atomic E-state index is 11.6. The molecule has 1 aliphatic carbocycles. The van der Waals surface area contributed by atoms with Crippen LogP contribution in [0.5, 0.6) is 0 Å². The number of aliphatic carboxylic acids is 1. The van der Waals surface area contributed by atoms with Crippen LogP contribution in [-0.2, 0) is 15.6 Å². The quantitative estimate of drug-likeness (QED) is 0.783. The van der Waals surface area contributed by atoms with Gasteiger partial charge in [-0.25, -0.2) is 0 Å². The molecule has 0 heterocycles. The predicted molar refractivity (Wildman–Crippen MR) is 56.6 cm³/mol. The average molecular weight is 218 g/mol. The van der Waals surface area contributed by atoms with E-state index in [1.807, 2.05) is 0 Å². The lowest BCUT2D eigenvalue weighted by Gasteiger charge is -2.30. The van der Waals surface area contributed by atoms with Gasteiger partial charge >= 0.3 is 5.97 Å². The van der Waals surface area contributed by atoms with Crippen LogP contribution in [0.1, 0.15) is 33.1 Å². The first-order valence-electron chi connectivity index (χ1n) is 5.08. The van der Waals surface area contributed by atoms with Crippen LogP contribution in [-0.4, -0.2) is 26.3 Å². The maximum Gasteiger partial charge on any atom is 0.316 e. The molecule has 0 aromatic heterocycles. The second-order valence-corrected chi connectivity index (χ2v) is 6.18. The highest BCUT2D eigenvalue weighted by Gasteiger charge is 2.28. The van der Waals surface area contributed by atoms with Gasteiger partial charge in [-0.2, -0.15) is 0 Å². The van der Waals surface area contributed by atoms with Crippen molar-refractivity contribution in [3.8, 4) is 0 Å². The maximum atomic E-state index is 11.6. The number of carboxylic acids is 1. The van der Waals surface area contributed by atoms with Crippen molar-refractivity contribution in [3.05, 3.63) is 0 Å². The van der Waals surface area contributed by atoms with Crippen molar-refractivity contribution in [2.45, 2.75) is 38.4 Å². The fourth-order valence-electron chi connectivity index (χ4n) is 2.33. The van der Waals surface area contributed by atoms with E-state index in [4.69, 9.17) is 5.11 Å². The van der Waals surface area contributed by atoms with Gasteiger partial charge < -0.3 is 5.11 Å². The van der Waals surface area contributed by atoms with Gasteiger partial charge in [0.25, 0.3) is 0 Å². The monoisotopic (exact) mass is 218 g/mol. The molecule has 0 spiro atoms. The molecule has 3 atom stereocenters. The van der Waals surface area contributed by atoms with Crippen LogP contribution < -0.4 is 0 Å². The Morgan fingerprint density at radius 3 is 2.21 bits per heavy atom. The van der Waals surface area contributed by atoms with E-state index in [0.717, 1.165) is 12.8 Å². The molecule has 0 amide bonds. The Hall–Kier alpha value is -0.380. The highest BCUT2D eigenvalue weighted by Crippen LogP contribution is 2.31. The topological polar surface area (TPSA) is 54.4 Å². The van der Waals surface area contributed by atoms with Crippen molar-refractivity contribution in [2.24, 2.45) is 11.8 Å². The molecule has 14 heavy (non-hydrogen) atoms. The van der Waals surface area contributed by atoms with Crippen LogP contribution >= 0.6 is 0 Å². The molecule has 3 unspecified atom stereocenters. The summed E-state index contributed by atoms with van der Waals surface area (Å²) in [5.41, 5.74) is 0. The van der Waals surface area contributed by atoms with Gasteiger partial charge in [0.05, 0.1) is 0 Å². The minimum atomic E-state index is -1.18. The summed E-state index contributed by atoms with van der Waals surface area (Å²) in [6, 6.07) is 0. The molecule has 0 radical (unpaired) electrons. The van der Waals surface area contributed by atoms with Crippen LogP contribution in [0, 0.1) is 11.8 Å². The largest absolute Gasteiger partial charge is 0.481 e. The summed E-state index contributed by atoms with van der Waals surface area (Å²) in [6.45, 7) is 4.31. The van der Waals surface area contributed by atoms with Crippen molar-refractivity contribution < 1.29 is 14.1 Å². The summed E-state index contributed by atoms with van der Waals surface area (Å²) in [6.07, 6.45) is 3.02. The van der Waals surface area contributed by atoms with E-state index in [-0.39, 0.29) is 11.0 Å². The molecule has 0 aliphatic heterocycles. The summed E-state index contributed by atoms with van der Waals surface area (Å²) < 4.78 is 11.6. The van der Waals surface area contributed by atoms with Crippen molar-refractivity contribution in [1.29, 1.82) is 0 Å². The van der Waals surface area contributed by atoms with E-state index in [2.05, 4.69) is 13.8 Å². The van der Waals surface area contributed by atoms with Gasteiger partial charge in [0.1, 0.15) is 5.75 Å². The molecule has 0 aromatic rings. The molecule has 1 aliphatic rings. The van der Waals surface area contributed by atoms with Crippen molar-refractivity contribution in [1.82, 2.24) is 0 Å². The summed E-state index contributed by atoms with van der Waals surface area (Å²) in [4.78, 5) is 10.4. The second kappa shape index (κ2) is 4.91. The first-order chi connectivity index (χ1) is 6.49. The van der Waals surface area contributed by atoms with Crippen molar-refractivity contribution in [2.75, 3.05) is 5.75 Å². The van der Waals surface area contributed by atoms with E-state index in [1.165, 1.54) is 6.42 Å². The summed E-state index contributed by atoms with van der Waals surface area (Å²) >= 11 is 0. The molecule has 1 fully saturated rings. The summed E-state index contributed by atoms with van der Waals surface area (Å²) in [5, 5.41) is 8.66. The zero-order valence-corrected chi connectivity index (χ0v) is 9.55. The van der Waals surface area contributed by atoms with Gasteiger partial charge in [-0.1, -0.05) is 13.8 Å². The average Bonchev–Trinajstić information content (AvgIpc) is 2.00. The lowest BCUT2D eigenvalue weighted by molar-refractivity contribution is -0.134. The number of carboxylic acid groups (broad SMARTS) is 1. The van der Waals surface area contributed by atoms with Crippen LogP contribution in [0.2, 0.25) is 0 Å². The molecule has 0 aromatic carbocycles. The molecule has 3 nitrogen and oxygen atoms in total. The van der Waals surface area contributed by atoms with Gasteiger partial charge in [0.2, 0.25) is 0 Å². The normalized spacial score (nSPS) is 35.1.